The molecule has 0 aliphatic carbocycles. The fourth-order valence-electron chi connectivity index (χ4n) is 2.09. The number of carbonyl (C=O) groups excluding carboxylic acids is 3. The number of imide groups is 1. The molecule has 0 atom stereocenters. The highest BCUT2D eigenvalue weighted by atomic mass is 35.5. The molecule has 0 unspecified atom stereocenters. The normalized spacial score (nSPS) is 15.4. The van der Waals surface area contributed by atoms with E-state index >= 15 is 0 Å². The molecule has 8 nitrogen and oxygen atoms in total. The minimum absolute atomic E-state index is 0.116. The molecule has 2 rings (SSSR count). The fraction of sp³-hybridized carbons (Fsp3) is 0.312. The molecule has 0 saturated carbocycles. The maximum Gasteiger partial charge on any atom is 0.344 e. The largest absolute Gasteiger partial charge is 0.493 e. The Hall–Kier alpha value is -2.74. The summed E-state index contributed by atoms with van der Waals surface area (Å²) in [6.07, 6.45) is 1.47. The third-order valence-electron chi connectivity index (χ3n) is 3.28. The number of rotatable bonds is 6. The van der Waals surface area contributed by atoms with E-state index < -0.39 is 17.9 Å². The van der Waals surface area contributed by atoms with E-state index in [1.807, 2.05) is 0 Å². The Morgan fingerprint density at radius 2 is 2.08 bits per heavy atom. The van der Waals surface area contributed by atoms with Crippen LogP contribution < -0.4 is 14.8 Å². The van der Waals surface area contributed by atoms with Crippen LogP contribution in [0.25, 0.3) is 6.08 Å². The van der Waals surface area contributed by atoms with Gasteiger partial charge < -0.3 is 19.5 Å². The number of nitrogens with zero attached hydrogens (tertiary/aromatic N) is 1. The second-order valence-electron chi connectivity index (χ2n) is 4.98. The Morgan fingerprint density at radius 3 is 2.64 bits per heavy atom. The lowest BCUT2D eigenvalue weighted by molar-refractivity contribution is -0.145. The molecule has 134 valence electrons. The van der Waals surface area contributed by atoms with Crippen LogP contribution in [0.1, 0.15) is 12.5 Å². The van der Waals surface area contributed by atoms with Gasteiger partial charge in [0.25, 0.3) is 5.91 Å². The smallest absolute Gasteiger partial charge is 0.344 e. The highest BCUT2D eigenvalue weighted by Crippen LogP contribution is 2.37. The molecule has 1 aromatic carbocycles. The Bertz CT molecular complexity index is 746. The second kappa shape index (κ2) is 7.89. The summed E-state index contributed by atoms with van der Waals surface area (Å²) in [5.41, 5.74) is 0.634. The van der Waals surface area contributed by atoms with Gasteiger partial charge in [0.1, 0.15) is 5.70 Å². The van der Waals surface area contributed by atoms with E-state index in [0.29, 0.717) is 5.56 Å². The van der Waals surface area contributed by atoms with Crippen molar-refractivity contribution in [2.45, 2.75) is 6.92 Å². The van der Waals surface area contributed by atoms with Gasteiger partial charge in [-0.15, -0.1) is 0 Å². The van der Waals surface area contributed by atoms with Crippen LogP contribution in [0.2, 0.25) is 5.02 Å². The van der Waals surface area contributed by atoms with E-state index in [-0.39, 0.29) is 35.4 Å². The average molecular weight is 369 g/mol. The second-order valence-corrected chi connectivity index (χ2v) is 5.39. The molecule has 1 saturated heterocycles. The molecule has 3 amide bonds. The minimum atomic E-state index is -0.533. The van der Waals surface area contributed by atoms with Crippen LogP contribution in [0.5, 0.6) is 11.5 Å². The molecule has 0 spiro atoms. The van der Waals surface area contributed by atoms with Crippen LogP contribution in [0, 0.1) is 0 Å². The molecule has 1 heterocycles. The SMILES string of the molecule is CCOC(=O)COc1c(Cl)cc(/C=C2/NC(=O)N(C)C2=O)cc1OC. The molecule has 1 aromatic rings. The average Bonchev–Trinajstić information content (AvgIpc) is 2.80. The monoisotopic (exact) mass is 368 g/mol. The number of likely N-dealkylation sites (N-methyl/N-ethyl adjacent to an activating group) is 1. The Morgan fingerprint density at radius 1 is 1.36 bits per heavy atom. The van der Waals surface area contributed by atoms with E-state index in [1.165, 1.54) is 26.3 Å². The number of nitrogens with one attached hydrogen (secondary N) is 1. The van der Waals surface area contributed by atoms with Gasteiger partial charge in [0.15, 0.2) is 18.1 Å². The van der Waals surface area contributed by atoms with Crippen molar-refractivity contribution in [3.05, 3.63) is 28.4 Å². The van der Waals surface area contributed by atoms with Gasteiger partial charge in [-0.2, -0.15) is 0 Å². The number of hydrogen-bond donors (Lipinski definition) is 1. The molecule has 0 radical (unpaired) electrons. The van der Waals surface area contributed by atoms with Gasteiger partial charge in [0.2, 0.25) is 0 Å². The molecule has 1 aliphatic rings. The molecule has 0 bridgehead atoms. The topological polar surface area (TPSA) is 94.2 Å². The highest BCUT2D eigenvalue weighted by molar-refractivity contribution is 6.32. The van der Waals surface area contributed by atoms with Gasteiger partial charge in [-0.05, 0) is 30.7 Å². The summed E-state index contributed by atoms with van der Waals surface area (Å²) in [7, 11) is 2.79. The number of esters is 1. The summed E-state index contributed by atoms with van der Waals surface area (Å²) in [5.74, 6) is -0.538. The van der Waals surface area contributed by atoms with Crippen molar-refractivity contribution in [2.24, 2.45) is 0 Å². The Kier molecular flexibility index (Phi) is 5.87. The molecule has 1 N–H and O–H groups in total. The standard InChI is InChI=1S/C16H17ClN2O6/c1-4-24-13(20)8-25-14-10(17)5-9(7-12(14)23-3)6-11-15(21)19(2)16(22)18-11/h5-7H,4,8H2,1-3H3,(H,18,22)/b11-6+. The molecular weight excluding hydrogens is 352 g/mol. The lowest BCUT2D eigenvalue weighted by Gasteiger charge is -2.13. The predicted molar refractivity (Wildman–Crippen MR) is 89.4 cm³/mol. The van der Waals surface area contributed by atoms with Crippen molar-refractivity contribution in [3.63, 3.8) is 0 Å². The van der Waals surface area contributed by atoms with Crippen molar-refractivity contribution in [3.8, 4) is 11.5 Å². The zero-order chi connectivity index (χ0) is 18.6. The van der Waals surface area contributed by atoms with Crippen LogP contribution in [0.3, 0.4) is 0 Å². The number of hydrogen-bond acceptors (Lipinski definition) is 6. The van der Waals surface area contributed by atoms with Crippen LogP contribution in [-0.4, -0.2) is 50.2 Å². The van der Waals surface area contributed by atoms with E-state index in [4.69, 9.17) is 25.8 Å². The van der Waals surface area contributed by atoms with Crippen molar-refractivity contribution in [1.29, 1.82) is 0 Å². The Balaban J connectivity index is 2.26. The fourth-order valence-corrected chi connectivity index (χ4v) is 2.36. The van der Waals surface area contributed by atoms with Gasteiger partial charge in [0.05, 0.1) is 18.7 Å². The van der Waals surface area contributed by atoms with E-state index in [1.54, 1.807) is 13.0 Å². The van der Waals surface area contributed by atoms with Crippen molar-refractivity contribution >= 4 is 35.6 Å². The zero-order valence-electron chi connectivity index (χ0n) is 13.9. The maximum absolute atomic E-state index is 11.9. The molecule has 1 fully saturated rings. The van der Waals surface area contributed by atoms with Gasteiger partial charge in [0, 0.05) is 7.05 Å². The van der Waals surface area contributed by atoms with Crippen LogP contribution in [0.4, 0.5) is 4.79 Å². The lowest BCUT2D eigenvalue weighted by Crippen LogP contribution is -2.25. The number of amides is 3. The number of halogens is 1. The first kappa shape index (κ1) is 18.6. The zero-order valence-corrected chi connectivity index (χ0v) is 14.7. The number of benzene rings is 1. The van der Waals surface area contributed by atoms with Crippen LogP contribution >= 0.6 is 11.6 Å². The van der Waals surface area contributed by atoms with Crippen molar-refractivity contribution in [2.75, 3.05) is 27.4 Å². The number of methoxy groups -OCH3 is 1. The Labute approximate surface area is 149 Å². The third kappa shape index (κ3) is 4.21. The number of urea groups is 1. The van der Waals surface area contributed by atoms with Gasteiger partial charge >= 0.3 is 12.0 Å². The molecular formula is C16H17ClN2O6. The van der Waals surface area contributed by atoms with Gasteiger partial charge in [-0.3, -0.25) is 9.69 Å². The predicted octanol–water partition coefficient (Wildman–Crippen LogP) is 1.81. The molecule has 9 heteroatoms. The summed E-state index contributed by atoms with van der Waals surface area (Å²) >= 11 is 6.18. The first-order valence-corrected chi connectivity index (χ1v) is 7.71. The lowest BCUT2D eigenvalue weighted by atomic mass is 10.1. The van der Waals surface area contributed by atoms with Crippen LogP contribution in [0.15, 0.2) is 17.8 Å². The van der Waals surface area contributed by atoms with Crippen molar-refractivity contribution < 1.29 is 28.6 Å². The number of ether oxygens (including phenoxy) is 3. The summed E-state index contributed by atoms with van der Waals surface area (Å²) in [4.78, 5) is 35.7. The first-order chi connectivity index (χ1) is 11.9. The number of carbonyl (C=O) groups is 3. The summed E-state index contributed by atoms with van der Waals surface area (Å²) in [6.45, 7) is 1.62. The van der Waals surface area contributed by atoms with Crippen molar-refractivity contribution in [1.82, 2.24) is 10.2 Å². The quantitative estimate of drug-likeness (QED) is 0.467. The van der Waals surface area contributed by atoms with Crippen LogP contribution in [-0.2, 0) is 14.3 Å². The molecule has 25 heavy (non-hydrogen) atoms. The van der Waals surface area contributed by atoms with Gasteiger partial charge in [-0.25, -0.2) is 9.59 Å². The third-order valence-corrected chi connectivity index (χ3v) is 3.56. The van der Waals surface area contributed by atoms with E-state index in [2.05, 4.69) is 5.32 Å². The first-order valence-electron chi connectivity index (χ1n) is 7.34. The summed E-state index contributed by atoms with van der Waals surface area (Å²) < 4.78 is 15.4. The molecule has 0 aromatic heterocycles. The highest BCUT2D eigenvalue weighted by Gasteiger charge is 2.30. The maximum atomic E-state index is 11.9. The van der Waals surface area contributed by atoms with Gasteiger partial charge in [-0.1, -0.05) is 11.6 Å². The van der Waals surface area contributed by atoms with E-state index in [0.717, 1.165) is 4.90 Å². The summed E-state index contributed by atoms with van der Waals surface area (Å²) in [5, 5.41) is 2.63. The minimum Gasteiger partial charge on any atom is -0.493 e. The molecule has 1 aliphatic heterocycles. The summed E-state index contributed by atoms with van der Waals surface area (Å²) in [6, 6.07) is 2.58. The van der Waals surface area contributed by atoms with E-state index in [9.17, 15) is 14.4 Å².